The molecule has 214 valence electrons. The van der Waals surface area contributed by atoms with E-state index in [-0.39, 0.29) is 27.9 Å². The lowest BCUT2D eigenvalue weighted by Gasteiger charge is -2.21. The van der Waals surface area contributed by atoms with Crippen LogP contribution in [-0.4, -0.2) is 42.0 Å². The van der Waals surface area contributed by atoms with Gasteiger partial charge in [-0.3, -0.25) is 9.36 Å². The van der Waals surface area contributed by atoms with Gasteiger partial charge in [-0.15, -0.1) is 0 Å². The number of aryl methyl sites for hydroxylation is 1. The largest absolute Gasteiger partial charge is 0.493 e. The fraction of sp³-hybridized carbons (Fsp3) is 0.312. The van der Waals surface area contributed by atoms with Gasteiger partial charge in [-0.25, -0.2) is 4.98 Å². The summed E-state index contributed by atoms with van der Waals surface area (Å²) in [5.41, 5.74) is 10.5. The number of rotatable bonds is 8. The van der Waals surface area contributed by atoms with Crippen molar-refractivity contribution in [3.63, 3.8) is 0 Å². The maximum Gasteiger partial charge on any atom is 0.244 e. The molecular weight excluding hydrogens is 550 g/mol. The number of pyridine rings is 1. The van der Waals surface area contributed by atoms with Gasteiger partial charge in [0.15, 0.2) is 11.5 Å². The maximum absolute atomic E-state index is 14.2. The number of ether oxygens (including phenoxy) is 3. The molecule has 1 atom stereocenters. The normalized spacial score (nSPS) is 13.1. The summed E-state index contributed by atoms with van der Waals surface area (Å²) in [4.78, 5) is 18.7. The van der Waals surface area contributed by atoms with E-state index in [4.69, 9.17) is 19.9 Å². The van der Waals surface area contributed by atoms with Crippen molar-refractivity contribution in [2.75, 3.05) is 27.1 Å². The zero-order valence-electron chi connectivity index (χ0n) is 24.0. The summed E-state index contributed by atoms with van der Waals surface area (Å²) in [7, 11) is 4.47. The first-order chi connectivity index (χ1) is 20.4. The number of nitrogens with two attached hydrogens (primary N) is 1. The fourth-order valence-electron chi connectivity index (χ4n) is 5.73. The third kappa shape index (κ3) is 4.78. The number of hydrogen-bond acceptors (Lipinski definition) is 9. The number of para-hydroxylation sites is 1. The first-order valence-corrected chi connectivity index (χ1v) is 14.6. The van der Waals surface area contributed by atoms with Crippen molar-refractivity contribution in [2.45, 2.75) is 49.3 Å². The van der Waals surface area contributed by atoms with E-state index in [2.05, 4.69) is 23.2 Å². The molecule has 0 saturated carbocycles. The summed E-state index contributed by atoms with van der Waals surface area (Å²) in [5.74, 6) is 0.986. The topological polar surface area (TPSA) is 136 Å². The summed E-state index contributed by atoms with van der Waals surface area (Å²) >= 11 is 1.19. The molecular formula is C32H31N5O4S. The average molecular weight is 582 g/mol. The van der Waals surface area contributed by atoms with Crippen LogP contribution in [0.25, 0.3) is 22.0 Å². The van der Waals surface area contributed by atoms with Gasteiger partial charge in [-0.2, -0.15) is 10.5 Å². The summed E-state index contributed by atoms with van der Waals surface area (Å²) in [6, 6.07) is 15.7. The van der Waals surface area contributed by atoms with Gasteiger partial charge >= 0.3 is 0 Å². The Balaban J connectivity index is 1.65. The van der Waals surface area contributed by atoms with Crippen molar-refractivity contribution in [3.8, 4) is 40.5 Å². The third-order valence-electron chi connectivity index (χ3n) is 7.67. The fourth-order valence-corrected chi connectivity index (χ4v) is 6.79. The van der Waals surface area contributed by atoms with Gasteiger partial charge in [-0.05, 0) is 61.4 Å². The Bertz CT molecular complexity index is 1760. The maximum atomic E-state index is 14.2. The van der Waals surface area contributed by atoms with Crippen LogP contribution in [-0.2, 0) is 12.8 Å². The van der Waals surface area contributed by atoms with Gasteiger partial charge in [0, 0.05) is 16.6 Å². The van der Waals surface area contributed by atoms with Gasteiger partial charge in [0.05, 0.1) is 37.7 Å². The van der Waals surface area contributed by atoms with E-state index in [0.717, 1.165) is 42.3 Å². The standard InChI is InChI=1S/C32H31N5O4S/c1-5-27(32(38)37-23-12-8-6-10-19(23)20-11-7-9-13-24(20)37)42-31-22(17-34)28(21(16-33)30(35)36-31)18-14-25(39-2)29(41-4)26(15-18)40-3/h6,8,10,12,14-15,27H,5,7,9,11,13H2,1-4H3,(H2,35,36). The van der Waals surface area contributed by atoms with Gasteiger partial charge < -0.3 is 19.9 Å². The molecule has 42 heavy (non-hydrogen) atoms. The number of aromatic nitrogens is 2. The minimum atomic E-state index is -0.549. The molecule has 2 aromatic carbocycles. The first-order valence-electron chi connectivity index (χ1n) is 13.7. The molecule has 2 aromatic heterocycles. The molecule has 4 aromatic rings. The number of carbonyl (C=O) groups excluding carboxylic acids is 1. The SMILES string of the molecule is CCC(Sc1nc(N)c(C#N)c(-c2cc(OC)c(OC)c(OC)c2)c1C#N)C(=O)n1c2c(c3ccccc31)CCCC2. The van der Waals surface area contributed by atoms with E-state index in [1.54, 1.807) is 12.1 Å². The minimum absolute atomic E-state index is 0.0335. The first kappa shape index (κ1) is 28.8. The molecule has 10 heteroatoms. The molecule has 1 aliphatic carbocycles. The van der Waals surface area contributed by atoms with Crippen LogP contribution >= 0.6 is 11.8 Å². The predicted octanol–water partition coefficient (Wildman–Crippen LogP) is 6.14. The number of thioether (sulfide) groups is 1. The smallest absolute Gasteiger partial charge is 0.244 e. The minimum Gasteiger partial charge on any atom is -0.493 e. The monoisotopic (exact) mass is 581 g/mol. The van der Waals surface area contributed by atoms with Crippen molar-refractivity contribution in [1.29, 1.82) is 10.5 Å². The number of nitriles is 2. The zero-order chi connectivity index (χ0) is 30.0. The van der Waals surface area contributed by atoms with E-state index in [9.17, 15) is 15.3 Å². The van der Waals surface area contributed by atoms with Gasteiger partial charge in [0.2, 0.25) is 11.7 Å². The zero-order valence-corrected chi connectivity index (χ0v) is 24.8. The second-order valence-corrected chi connectivity index (χ2v) is 11.1. The average Bonchev–Trinajstić information content (AvgIpc) is 3.36. The highest BCUT2D eigenvalue weighted by molar-refractivity contribution is 8.00. The number of methoxy groups -OCH3 is 3. The Morgan fingerprint density at radius 3 is 2.33 bits per heavy atom. The van der Waals surface area contributed by atoms with Crippen LogP contribution in [0.2, 0.25) is 0 Å². The lowest BCUT2D eigenvalue weighted by molar-refractivity contribution is 0.0910. The van der Waals surface area contributed by atoms with Crippen molar-refractivity contribution >= 4 is 34.4 Å². The number of fused-ring (bicyclic) bond motifs is 3. The Morgan fingerprint density at radius 2 is 1.71 bits per heavy atom. The second-order valence-electron chi connectivity index (χ2n) is 9.90. The van der Waals surface area contributed by atoms with E-state index < -0.39 is 5.25 Å². The number of anilines is 1. The van der Waals surface area contributed by atoms with E-state index in [1.165, 1.54) is 38.7 Å². The molecule has 0 amide bonds. The Morgan fingerprint density at radius 1 is 1.05 bits per heavy atom. The molecule has 5 rings (SSSR count). The van der Waals surface area contributed by atoms with Crippen molar-refractivity contribution in [1.82, 2.24) is 9.55 Å². The molecule has 0 bridgehead atoms. The second kappa shape index (κ2) is 12.1. The Kier molecular flexibility index (Phi) is 8.28. The molecule has 0 radical (unpaired) electrons. The lowest BCUT2D eigenvalue weighted by atomic mass is 9.95. The van der Waals surface area contributed by atoms with Crippen molar-refractivity contribution < 1.29 is 19.0 Å². The van der Waals surface area contributed by atoms with Crippen LogP contribution in [0.1, 0.15) is 53.4 Å². The summed E-state index contributed by atoms with van der Waals surface area (Å²) in [6.45, 7) is 1.94. The molecule has 0 spiro atoms. The van der Waals surface area contributed by atoms with Crippen molar-refractivity contribution in [2.24, 2.45) is 0 Å². The highest BCUT2D eigenvalue weighted by Gasteiger charge is 2.30. The number of benzene rings is 2. The van der Waals surface area contributed by atoms with E-state index in [0.29, 0.717) is 34.8 Å². The van der Waals surface area contributed by atoms with Gasteiger partial charge in [-0.1, -0.05) is 36.9 Å². The van der Waals surface area contributed by atoms with E-state index >= 15 is 0 Å². The van der Waals surface area contributed by atoms with Crippen molar-refractivity contribution in [3.05, 3.63) is 58.8 Å². The molecule has 1 unspecified atom stereocenters. The lowest BCUT2D eigenvalue weighted by Crippen LogP contribution is -2.26. The molecule has 0 fully saturated rings. The number of nitrogens with zero attached hydrogens (tertiary/aromatic N) is 4. The molecule has 1 aliphatic rings. The van der Waals surface area contributed by atoms with Crippen LogP contribution in [0.5, 0.6) is 17.2 Å². The van der Waals surface area contributed by atoms with Crippen LogP contribution in [0, 0.1) is 22.7 Å². The number of hydrogen-bond donors (Lipinski definition) is 1. The van der Waals surface area contributed by atoms with Crippen LogP contribution < -0.4 is 19.9 Å². The van der Waals surface area contributed by atoms with Crippen LogP contribution in [0.3, 0.4) is 0 Å². The van der Waals surface area contributed by atoms with Gasteiger partial charge in [0.1, 0.15) is 28.5 Å². The highest BCUT2D eigenvalue weighted by Crippen LogP contribution is 2.45. The summed E-state index contributed by atoms with van der Waals surface area (Å²) in [5, 5.41) is 21.3. The third-order valence-corrected chi connectivity index (χ3v) is 9.01. The number of nitrogen functional groups attached to an aromatic ring is 1. The number of carbonyl (C=O) groups is 1. The van der Waals surface area contributed by atoms with Crippen LogP contribution in [0.15, 0.2) is 41.4 Å². The molecule has 0 saturated heterocycles. The Labute approximate surface area is 248 Å². The predicted molar refractivity (Wildman–Crippen MR) is 162 cm³/mol. The Hall–Kier alpha value is -4.67. The molecule has 9 nitrogen and oxygen atoms in total. The summed E-state index contributed by atoms with van der Waals surface area (Å²) in [6.07, 6.45) is 4.42. The summed E-state index contributed by atoms with van der Waals surface area (Å²) < 4.78 is 18.3. The highest BCUT2D eigenvalue weighted by atomic mass is 32.2. The molecule has 2 heterocycles. The quantitative estimate of drug-likeness (QED) is 0.243. The van der Waals surface area contributed by atoms with Gasteiger partial charge in [0.25, 0.3) is 0 Å². The van der Waals surface area contributed by atoms with Crippen LogP contribution in [0.4, 0.5) is 5.82 Å². The molecule has 0 aliphatic heterocycles. The van der Waals surface area contributed by atoms with E-state index in [1.807, 2.05) is 29.7 Å². The molecule has 2 N–H and O–H groups in total.